The summed E-state index contributed by atoms with van der Waals surface area (Å²) in [5.74, 6) is -1.18. The number of methoxy groups -OCH3 is 1. The van der Waals surface area contributed by atoms with Gasteiger partial charge in [0.1, 0.15) is 0 Å². The fourth-order valence-corrected chi connectivity index (χ4v) is 3.53. The molecule has 2 aliphatic carbocycles. The van der Waals surface area contributed by atoms with Crippen LogP contribution in [0.3, 0.4) is 0 Å². The third kappa shape index (κ3) is 3.85. The molecule has 3 atom stereocenters. The fraction of sp³-hybridized carbons (Fsp3) is 0.714. The fourth-order valence-electron chi connectivity index (χ4n) is 3.36. The quantitative estimate of drug-likeness (QED) is 0.471. The lowest BCUT2D eigenvalue weighted by Gasteiger charge is -2.41. The molecular weight excluding hydrogens is 337 g/mol. The van der Waals surface area contributed by atoms with Crippen molar-refractivity contribution in [3.8, 4) is 0 Å². The van der Waals surface area contributed by atoms with Gasteiger partial charge in [0, 0.05) is 12.0 Å². The van der Waals surface area contributed by atoms with Crippen LogP contribution in [-0.4, -0.2) is 28.8 Å². The highest BCUT2D eigenvalue weighted by molar-refractivity contribution is 6.76. The first kappa shape index (κ1) is 16.9. The van der Waals surface area contributed by atoms with E-state index in [4.69, 9.17) is 39.5 Å². The summed E-state index contributed by atoms with van der Waals surface area (Å²) in [6.07, 6.45) is 6.40. The first-order chi connectivity index (χ1) is 9.84. The number of alkyl halides is 3. The van der Waals surface area contributed by atoms with Gasteiger partial charge < -0.3 is 10.1 Å². The standard InChI is InChI=1S/C14H18Cl3NO3/c1-21-12(19)9-6-2-4-8-5-3-7-10(11(8)9)18-13(20)14(15,16)17/h4,9-11H,2-3,5-7H2,1H3,(H,18,20)/t9-,10+,11+/m0/s1. The maximum Gasteiger partial charge on any atom is 0.309 e. The highest BCUT2D eigenvalue weighted by atomic mass is 35.6. The number of fused-ring (bicyclic) bond motifs is 1. The summed E-state index contributed by atoms with van der Waals surface area (Å²) in [6.45, 7) is 0. The molecule has 1 saturated carbocycles. The minimum absolute atomic E-state index is 0.0590. The number of halogens is 3. The number of amides is 1. The van der Waals surface area contributed by atoms with E-state index >= 15 is 0 Å². The summed E-state index contributed by atoms with van der Waals surface area (Å²) >= 11 is 16.9. The second kappa shape index (κ2) is 6.76. The molecule has 0 spiro atoms. The molecule has 2 rings (SSSR count). The molecule has 118 valence electrons. The third-order valence-corrected chi connectivity index (χ3v) is 4.75. The Hall–Kier alpha value is -0.450. The molecule has 2 aliphatic rings. The van der Waals surface area contributed by atoms with Crippen molar-refractivity contribution < 1.29 is 14.3 Å². The molecule has 0 aromatic carbocycles. The van der Waals surface area contributed by atoms with Gasteiger partial charge in [0.15, 0.2) is 0 Å². The van der Waals surface area contributed by atoms with Crippen molar-refractivity contribution in [3.05, 3.63) is 11.6 Å². The van der Waals surface area contributed by atoms with Crippen LogP contribution >= 0.6 is 34.8 Å². The molecule has 0 bridgehead atoms. The van der Waals surface area contributed by atoms with E-state index in [9.17, 15) is 9.59 Å². The van der Waals surface area contributed by atoms with Gasteiger partial charge in [-0.25, -0.2) is 0 Å². The number of ether oxygens (including phenoxy) is 1. The first-order valence-corrected chi connectivity index (χ1v) is 8.12. The number of rotatable bonds is 2. The van der Waals surface area contributed by atoms with Crippen molar-refractivity contribution in [2.75, 3.05) is 7.11 Å². The van der Waals surface area contributed by atoms with E-state index in [-0.39, 0.29) is 23.8 Å². The molecule has 1 N–H and O–H groups in total. The molecule has 7 heteroatoms. The van der Waals surface area contributed by atoms with Crippen LogP contribution in [0.4, 0.5) is 0 Å². The molecule has 0 unspecified atom stereocenters. The molecule has 0 radical (unpaired) electrons. The van der Waals surface area contributed by atoms with Gasteiger partial charge in [-0.2, -0.15) is 0 Å². The Morgan fingerprint density at radius 2 is 2.05 bits per heavy atom. The zero-order valence-electron chi connectivity index (χ0n) is 11.7. The molecule has 0 aromatic heterocycles. The van der Waals surface area contributed by atoms with E-state index in [0.717, 1.165) is 32.1 Å². The lowest BCUT2D eigenvalue weighted by atomic mass is 9.68. The van der Waals surface area contributed by atoms with Crippen LogP contribution in [0, 0.1) is 11.8 Å². The number of hydrogen-bond acceptors (Lipinski definition) is 3. The largest absolute Gasteiger partial charge is 0.469 e. The number of carbonyl (C=O) groups excluding carboxylic acids is 2. The highest BCUT2D eigenvalue weighted by Crippen LogP contribution is 2.41. The van der Waals surface area contributed by atoms with Crippen LogP contribution < -0.4 is 5.32 Å². The van der Waals surface area contributed by atoms with Crippen LogP contribution in [0.15, 0.2) is 11.6 Å². The number of allylic oxidation sites excluding steroid dienone is 1. The second-order valence-electron chi connectivity index (χ2n) is 5.48. The lowest BCUT2D eigenvalue weighted by Crippen LogP contribution is -2.51. The predicted molar refractivity (Wildman–Crippen MR) is 82.4 cm³/mol. The molecule has 1 amide bonds. The highest BCUT2D eigenvalue weighted by Gasteiger charge is 2.43. The zero-order valence-corrected chi connectivity index (χ0v) is 14.0. The van der Waals surface area contributed by atoms with Gasteiger partial charge >= 0.3 is 5.97 Å². The predicted octanol–water partition coefficient (Wildman–Crippen LogP) is 3.15. The van der Waals surface area contributed by atoms with Gasteiger partial charge in [-0.3, -0.25) is 9.59 Å². The summed E-state index contributed by atoms with van der Waals surface area (Å²) in [5, 5.41) is 2.78. The molecule has 0 saturated heterocycles. The van der Waals surface area contributed by atoms with Crippen molar-refractivity contribution >= 4 is 46.7 Å². The number of hydrogen-bond donors (Lipinski definition) is 1. The summed E-state index contributed by atoms with van der Waals surface area (Å²) in [7, 11) is 1.39. The van der Waals surface area contributed by atoms with Crippen molar-refractivity contribution in [2.45, 2.75) is 41.9 Å². The summed E-state index contributed by atoms with van der Waals surface area (Å²) in [6, 6.07) is -0.197. The van der Waals surface area contributed by atoms with Crippen molar-refractivity contribution in [2.24, 2.45) is 11.8 Å². The van der Waals surface area contributed by atoms with E-state index in [2.05, 4.69) is 11.4 Å². The number of nitrogens with one attached hydrogen (secondary N) is 1. The minimum atomic E-state index is -1.99. The maximum atomic E-state index is 12.0. The summed E-state index contributed by atoms with van der Waals surface area (Å²) in [4.78, 5) is 23.9. The Kier molecular flexibility index (Phi) is 5.44. The molecule has 0 aliphatic heterocycles. The second-order valence-corrected chi connectivity index (χ2v) is 7.76. The van der Waals surface area contributed by atoms with Crippen molar-refractivity contribution in [1.29, 1.82) is 0 Å². The number of esters is 1. The van der Waals surface area contributed by atoms with Crippen LogP contribution in [0.5, 0.6) is 0 Å². The van der Waals surface area contributed by atoms with E-state index in [1.54, 1.807) is 0 Å². The normalized spacial score (nSPS) is 29.1. The molecule has 0 heterocycles. The van der Waals surface area contributed by atoms with Crippen LogP contribution in [0.2, 0.25) is 0 Å². The van der Waals surface area contributed by atoms with E-state index in [1.165, 1.54) is 12.7 Å². The van der Waals surface area contributed by atoms with Gasteiger partial charge in [-0.1, -0.05) is 46.5 Å². The van der Waals surface area contributed by atoms with E-state index in [0.29, 0.717) is 0 Å². The Bertz CT molecular complexity index is 459. The molecule has 1 fully saturated rings. The first-order valence-electron chi connectivity index (χ1n) is 6.99. The van der Waals surface area contributed by atoms with Crippen molar-refractivity contribution in [3.63, 3.8) is 0 Å². The maximum absolute atomic E-state index is 12.0. The van der Waals surface area contributed by atoms with Gasteiger partial charge in [-0.15, -0.1) is 0 Å². The van der Waals surface area contributed by atoms with Crippen LogP contribution in [0.1, 0.15) is 32.1 Å². The van der Waals surface area contributed by atoms with Gasteiger partial charge in [0.05, 0.1) is 13.0 Å². The molecule has 4 nitrogen and oxygen atoms in total. The summed E-state index contributed by atoms with van der Waals surface area (Å²) < 4.78 is 2.91. The monoisotopic (exact) mass is 353 g/mol. The third-order valence-electron chi connectivity index (χ3n) is 4.24. The lowest BCUT2D eigenvalue weighted by molar-refractivity contribution is -0.148. The zero-order chi connectivity index (χ0) is 15.6. The average Bonchev–Trinajstić information content (AvgIpc) is 2.45. The van der Waals surface area contributed by atoms with Crippen LogP contribution in [-0.2, 0) is 14.3 Å². The Morgan fingerprint density at radius 3 is 2.67 bits per heavy atom. The Morgan fingerprint density at radius 1 is 1.33 bits per heavy atom. The Labute approximate surface area is 139 Å². The smallest absolute Gasteiger partial charge is 0.309 e. The minimum Gasteiger partial charge on any atom is -0.469 e. The van der Waals surface area contributed by atoms with E-state index in [1.807, 2.05) is 0 Å². The SMILES string of the molecule is COC(=O)[C@H]1CCC=C2CCC[C@@H](NC(=O)C(Cl)(Cl)Cl)[C@H]21. The summed E-state index contributed by atoms with van der Waals surface area (Å²) in [5.41, 5.74) is 1.21. The van der Waals surface area contributed by atoms with E-state index < -0.39 is 9.70 Å². The van der Waals surface area contributed by atoms with Gasteiger partial charge in [0.2, 0.25) is 0 Å². The average molecular weight is 355 g/mol. The van der Waals surface area contributed by atoms with Gasteiger partial charge in [-0.05, 0) is 32.1 Å². The molecular formula is C14H18Cl3NO3. The van der Waals surface area contributed by atoms with Crippen LogP contribution in [0.25, 0.3) is 0 Å². The number of carbonyl (C=O) groups is 2. The topological polar surface area (TPSA) is 55.4 Å². The van der Waals surface area contributed by atoms with Gasteiger partial charge in [0.25, 0.3) is 9.70 Å². The molecule has 0 aromatic rings. The van der Waals surface area contributed by atoms with Crippen molar-refractivity contribution in [1.82, 2.24) is 5.32 Å². The molecule has 21 heavy (non-hydrogen) atoms. The Balaban J connectivity index is 2.20.